The van der Waals surface area contributed by atoms with Crippen molar-refractivity contribution in [3.8, 4) is 0 Å². The first-order chi connectivity index (χ1) is 9.16. The van der Waals surface area contributed by atoms with E-state index < -0.39 is 5.82 Å². The highest BCUT2D eigenvalue weighted by atomic mass is 35.5. The van der Waals surface area contributed by atoms with E-state index in [1.807, 2.05) is 0 Å². The Bertz CT molecular complexity index is 508. The lowest BCUT2D eigenvalue weighted by Gasteiger charge is -2.34. The summed E-state index contributed by atoms with van der Waals surface area (Å²) in [7, 11) is 0. The van der Waals surface area contributed by atoms with E-state index in [2.05, 4.69) is 5.32 Å². The second kappa shape index (κ2) is 5.10. The molecular weight excluding hydrogens is 267 g/mol. The standard InChI is InChI=1S/C14H16ClFN2O/c15-13-11(2-1-3-12(13)16)14(19)18-5-4-9-6-17-7-10(9)8-18/h1-3,9-10,17H,4-8H2. The lowest BCUT2D eigenvalue weighted by Crippen LogP contribution is -2.43. The van der Waals surface area contributed by atoms with Crippen molar-refractivity contribution < 1.29 is 9.18 Å². The van der Waals surface area contributed by atoms with Crippen molar-refractivity contribution in [2.45, 2.75) is 6.42 Å². The van der Waals surface area contributed by atoms with Gasteiger partial charge in [0.1, 0.15) is 5.82 Å². The molecule has 2 unspecified atom stereocenters. The third-order valence-corrected chi connectivity index (χ3v) is 4.56. The largest absolute Gasteiger partial charge is 0.338 e. The Labute approximate surface area is 116 Å². The molecule has 102 valence electrons. The van der Waals surface area contributed by atoms with Crippen LogP contribution in [-0.2, 0) is 0 Å². The minimum Gasteiger partial charge on any atom is -0.338 e. The molecule has 2 aliphatic heterocycles. The van der Waals surface area contributed by atoms with Crippen LogP contribution in [0.25, 0.3) is 0 Å². The number of halogens is 2. The van der Waals surface area contributed by atoms with Gasteiger partial charge in [-0.25, -0.2) is 4.39 Å². The quantitative estimate of drug-likeness (QED) is 0.856. The van der Waals surface area contributed by atoms with Crippen molar-refractivity contribution in [2.75, 3.05) is 26.2 Å². The summed E-state index contributed by atoms with van der Waals surface area (Å²) in [5.74, 6) is 0.497. The third-order valence-electron chi connectivity index (χ3n) is 4.17. The fourth-order valence-corrected chi connectivity index (χ4v) is 3.27. The summed E-state index contributed by atoms with van der Waals surface area (Å²) < 4.78 is 13.4. The summed E-state index contributed by atoms with van der Waals surface area (Å²) in [6.45, 7) is 3.48. The molecule has 1 N–H and O–H groups in total. The summed E-state index contributed by atoms with van der Waals surface area (Å²) in [6.07, 6.45) is 1.01. The SMILES string of the molecule is O=C(c1cccc(F)c1Cl)N1CCC2CNCC2C1. The van der Waals surface area contributed by atoms with Crippen molar-refractivity contribution in [1.82, 2.24) is 10.2 Å². The molecule has 1 aromatic rings. The number of hydrogen-bond donors (Lipinski definition) is 1. The van der Waals surface area contributed by atoms with Gasteiger partial charge in [-0.1, -0.05) is 17.7 Å². The number of rotatable bonds is 1. The zero-order chi connectivity index (χ0) is 13.4. The molecule has 19 heavy (non-hydrogen) atoms. The Kier molecular flexibility index (Phi) is 3.46. The summed E-state index contributed by atoms with van der Waals surface area (Å²) in [6, 6.07) is 4.39. The second-order valence-corrected chi connectivity index (χ2v) is 5.70. The van der Waals surface area contributed by atoms with E-state index in [1.165, 1.54) is 12.1 Å². The molecule has 5 heteroatoms. The molecule has 2 fully saturated rings. The van der Waals surface area contributed by atoms with Gasteiger partial charge in [0.2, 0.25) is 0 Å². The molecule has 0 aliphatic carbocycles. The topological polar surface area (TPSA) is 32.3 Å². The molecule has 2 atom stereocenters. The molecule has 0 bridgehead atoms. The smallest absolute Gasteiger partial charge is 0.255 e. The van der Waals surface area contributed by atoms with Crippen LogP contribution in [0.2, 0.25) is 5.02 Å². The Balaban J connectivity index is 1.79. The van der Waals surface area contributed by atoms with Gasteiger partial charge in [-0.3, -0.25) is 4.79 Å². The van der Waals surface area contributed by atoms with Crippen LogP contribution in [0.1, 0.15) is 16.8 Å². The van der Waals surface area contributed by atoms with E-state index in [0.717, 1.165) is 32.6 Å². The van der Waals surface area contributed by atoms with Gasteiger partial charge in [-0.2, -0.15) is 0 Å². The van der Waals surface area contributed by atoms with E-state index in [9.17, 15) is 9.18 Å². The Morgan fingerprint density at radius 2 is 2.16 bits per heavy atom. The van der Waals surface area contributed by atoms with Gasteiger partial charge in [-0.05, 0) is 43.5 Å². The Morgan fingerprint density at radius 1 is 1.37 bits per heavy atom. The van der Waals surface area contributed by atoms with Crippen molar-refractivity contribution in [2.24, 2.45) is 11.8 Å². The number of piperidine rings is 1. The summed E-state index contributed by atoms with van der Waals surface area (Å²) in [5.41, 5.74) is 0.270. The van der Waals surface area contributed by atoms with Gasteiger partial charge in [0, 0.05) is 13.1 Å². The molecule has 3 rings (SSSR count). The number of benzene rings is 1. The van der Waals surface area contributed by atoms with Crippen molar-refractivity contribution in [3.63, 3.8) is 0 Å². The van der Waals surface area contributed by atoms with Gasteiger partial charge in [0.25, 0.3) is 5.91 Å². The molecule has 3 nitrogen and oxygen atoms in total. The molecule has 1 amide bonds. The third kappa shape index (κ3) is 2.35. The van der Waals surface area contributed by atoms with Crippen LogP contribution in [0.15, 0.2) is 18.2 Å². The highest BCUT2D eigenvalue weighted by Crippen LogP contribution is 2.29. The normalized spacial score (nSPS) is 26.3. The van der Waals surface area contributed by atoms with Gasteiger partial charge >= 0.3 is 0 Å². The predicted molar refractivity (Wildman–Crippen MR) is 71.8 cm³/mol. The minimum absolute atomic E-state index is 0.0702. The molecule has 1 aromatic carbocycles. The lowest BCUT2D eigenvalue weighted by molar-refractivity contribution is 0.0642. The van der Waals surface area contributed by atoms with Crippen LogP contribution < -0.4 is 5.32 Å². The Morgan fingerprint density at radius 3 is 3.00 bits per heavy atom. The fourth-order valence-electron chi connectivity index (χ4n) is 3.06. The zero-order valence-corrected chi connectivity index (χ0v) is 11.3. The van der Waals surface area contributed by atoms with E-state index in [-0.39, 0.29) is 16.5 Å². The van der Waals surface area contributed by atoms with E-state index in [0.29, 0.717) is 11.8 Å². The molecule has 2 aliphatic rings. The van der Waals surface area contributed by atoms with Gasteiger partial charge in [0.15, 0.2) is 0 Å². The molecule has 0 radical (unpaired) electrons. The van der Waals surface area contributed by atoms with E-state index in [4.69, 9.17) is 11.6 Å². The number of carbonyl (C=O) groups excluding carboxylic acids is 1. The van der Waals surface area contributed by atoms with E-state index >= 15 is 0 Å². The first kappa shape index (κ1) is 12.9. The lowest BCUT2D eigenvalue weighted by atomic mass is 9.88. The number of nitrogens with one attached hydrogen (secondary N) is 1. The van der Waals surface area contributed by atoms with Gasteiger partial charge in [0.05, 0.1) is 10.6 Å². The highest BCUT2D eigenvalue weighted by Gasteiger charge is 2.35. The number of hydrogen-bond acceptors (Lipinski definition) is 2. The minimum atomic E-state index is -0.537. The second-order valence-electron chi connectivity index (χ2n) is 5.32. The van der Waals surface area contributed by atoms with Crippen molar-refractivity contribution >= 4 is 17.5 Å². The van der Waals surface area contributed by atoms with E-state index in [1.54, 1.807) is 11.0 Å². The maximum atomic E-state index is 13.4. The number of carbonyl (C=O) groups is 1. The highest BCUT2D eigenvalue weighted by molar-refractivity contribution is 6.34. The zero-order valence-electron chi connectivity index (χ0n) is 10.5. The van der Waals surface area contributed by atoms with Crippen LogP contribution in [0.5, 0.6) is 0 Å². The van der Waals surface area contributed by atoms with Gasteiger partial charge in [-0.15, -0.1) is 0 Å². The number of fused-ring (bicyclic) bond motifs is 1. The van der Waals surface area contributed by atoms with Crippen LogP contribution in [0, 0.1) is 17.7 Å². The van der Waals surface area contributed by atoms with Crippen LogP contribution in [0.3, 0.4) is 0 Å². The monoisotopic (exact) mass is 282 g/mol. The molecular formula is C14H16ClFN2O. The molecule has 0 aromatic heterocycles. The number of amides is 1. The fraction of sp³-hybridized carbons (Fsp3) is 0.500. The van der Waals surface area contributed by atoms with Crippen LogP contribution >= 0.6 is 11.6 Å². The summed E-state index contributed by atoms with van der Waals surface area (Å²) >= 11 is 5.88. The number of likely N-dealkylation sites (tertiary alicyclic amines) is 1. The molecule has 0 spiro atoms. The summed E-state index contributed by atoms with van der Waals surface area (Å²) in [5, 5.41) is 3.29. The van der Waals surface area contributed by atoms with Crippen molar-refractivity contribution in [3.05, 3.63) is 34.6 Å². The predicted octanol–water partition coefficient (Wildman–Crippen LogP) is 2.16. The molecule has 2 heterocycles. The van der Waals surface area contributed by atoms with Crippen LogP contribution in [0.4, 0.5) is 4.39 Å². The van der Waals surface area contributed by atoms with Crippen molar-refractivity contribution in [1.29, 1.82) is 0 Å². The average Bonchev–Trinajstić information content (AvgIpc) is 2.88. The maximum absolute atomic E-state index is 13.4. The summed E-state index contributed by atoms with van der Waals surface area (Å²) in [4.78, 5) is 14.2. The average molecular weight is 283 g/mol. The Hall–Kier alpha value is -1.13. The van der Waals surface area contributed by atoms with Crippen LogP contribution in [-0.4, -0.2) is 37.0 Å². The molecule has 2 saturated heterocycles. The first-order valence-electron chi connectivity index (χ1n) is 6.61. The van der Waals surface area contributed by atoms with Gasteiger partial charge < -0.3 is 10.2 Å². The molecule has 0 saturated carbocycles. The first-order valence-corrected chi connectivity index (χ1v) is 6.98. The maximum Gasteiger partial charge on any atom is 0.255 e. The number of nitrogens with zero attached hydrogens (tertiary/aromatic N) is 1.